The summed E-state index contributed by atoms with van der Waals surface area (Å²) in [6, 6.07) is 4.55. The fourth-order valence-corrected chi connectivity index (χ4v) is 2.10. The van der Waals surface area contributed by atoms with Gasteiger partial charge in [-0.25, -0.2) is 0 Å². The minimum absolute atomic E-state index is 0.00928. The van der Waals surface area contributed by atoms with Gasteiger partial charge in [0.25, 0.3) is 0 Å². The van der Waals surface area contributed by atoms with Crippen molar-refractivity contribution >= 4 is 18.2 Å². The first-order valence-corrected chi connectivity index (χ1v) is 9.55. The maximum absolute atomic E-state index is 12.9. The Morgan fingerprint density at radius 2 is 1.59 bits per heavy atom. The van der Waals surface area contributed by atoms with Crippen molar-refractivity contribution in [2.45, 2.75) is 54.6 Å². The molecule has 0 saturated heterocycles. The van der Waals surface area contributed by atoms with Crippen LogP contribution in [0.3, 0.4) is 0 Å². The zero-order valence-corrected chi connectivity index (χ0v) is 18.6. The van der Waals surface area contributed by atoms with E-state index in [0.29, 0.717) is 11.8 Å². The van der Waals surface area contributed by atoms with Crippen LogP contribution in [0.4, 0.5) is 0 Å². The number of carbonyl (C=O) groups excluding carboxylic acids is 3. The van der Waals surface area contributed by atoms with Crippen molar-refractivity contribution in [1.82, 2.24) is 5.32 Å². The number of rotatable bonds is 8. The van der Waals surface area contributed by atoms with E-state index >= 15 is 0 Å². The van der Waals surface area contributed by atoms with Crippen LogP contribution in [0.25, 0.3) is 0 Å². The molecule has 2 N–H and O–H groups in total. The largest absolute Gasteiger partial charge is 0.422 e. The third kappa shape index (κ3) is 5.87. The summed E-state index contributed by atoms with van der Waals surface area (Å²) in [6.07, 6.45) is -0.133. The minimum atomic E-state index is -1.14. The number of likely N-dealkylation sites (N-methyl/N-ethyl adjacent to an activating group) is 1. The molecule has 1 aromatic rings. The molecule has 1 rings (SSSR count). The number of ether oxygens (including phenoxy) is 2. The highest BCUT2D eigenvalue weighted by Crippen LogP contribution is 2.40. The maximum Gasteiger partial charge on any atom is 0.318 e. The Morgan fingerprint density at radius 1 is 1.03 bits per heavy atom. The van der Waals surface area contributed by atoms with Gasteiger partial charge in [-0.3, -0.25) is 9.59 Å². The molecule has 29 heavy (non-hydrogen) atoms. The number of carbonyl (C=O) groups is 3. The molecule has 0 spiro atoms. The van der Waals surface area contributed by atoms with Crippen LogP contribution >= 0.6 is 0 Å². The molecular weight excluding hydrogens is 374 g/mol. The monoisotopic (exact) mass is 407 g/mol. The fraction of sp³-hybridized carbons (Fsp3) is 0.591. The van der Waals surface area contributed by atoms with Gasteiger partial charge in [-0.2, -0.15) is 0 Å². The summed E-state index contributed by atoms with van der Waals surface area (Å²) in [5, 5.41) is 13.1. The van der Waals surface area contributed by atoms with Crippen molar-refractivity contribution in [2.24, 2.45) is 16.2 Å². The van der Waals surface area contributed by atoms with Gasteiger partial charge in [0.2, 0.25) is 0 Å². The molecule has 0 fully saturated rings. The Hall–Kier alpha value is -2.25. The molecule has 1 aromatic carbocycles. The lowest BCUT2D eigenvalue weighted by Crippen LogP contribution is -2.43. The van der Waals surface area contributed by atoms with Crippen molar-refractivity contribution in [3.63, 3.8) is 0 Å². The van der Waals surface area contributed by atoms with Gasteiger partial charge in [-0.1, -0.05) is 19.9 Å². The van der Waals surface area contributed by atoms with E-state index in [-0.39, 0.29) is 18.0 Å². The van der Waals surface area contributed by atoms with Gasteiger partial charge >= 0.3 is 11.9 Å². The van der Waals surface area contributed by atoms with Crippen molar-refractivity contribution < 1.29 is 29.0 Å². The second kappa shape index (κ2) is 9.05. The number of nitrogens with one attached hydrogen (secondary N) is 1. The SMILES string of the molecule is CNCC(O)c1ccc(OC(=O)C(C)(C)C)c(OC(=O)C(C)(C)C(C)(C)C=O)c1. The summed E-state index contributed by atoms with van der Waals surface area (Å²) in [4.78, 5) is 36.7. The van der Waals surface area contributed by atoms with E-state index in [1.54, 1.807) is 61.6 Å². The first-order chi connectivity index (χ1) is 13.2. The third-order valence-corrected chi connectivity index (χ3v) is 5.18. The first-order valence-electron chi connectivity index (χ1n) is 9.55. The Bertz CT molecular complexity index is 761. The predicted octanol–water partition coefficient (Wildman–Crippen LogP) is 3.05. The normalized spacial score (nSPS) is 13.6. The van der Waals surface area contributed by atoms with Crippen molar-refractivity contribution in [2.75, 3.05) is 13.6 Å². The van der Waals surface area contributed by atoms with Gasteiger partial charge in [0.1, 0.15) is 6.29 Å². The molecule has 162 valence electrons. The van der Waals surface area contributed by atoms with E-state index in [9.17, 15) is 19.5 Å². The third-order valence-electron chi connectivity index (χ3n) is 5.18. The number of aliphatic hydroxyl groups excluding tert-OH is 1. The second-order valence-corrected chi connectivity index (χ2v) is 9.27. The number of hydrogen-bond acceptors (Lipinski definition) is 7. The highest BCUT2D eigenvalue weighted by molar-refractivity contribution is 5.85. The summed E-state index contributed by atoms with van der Waals surface area (Å²) in [6.45, 7) is 11.9. The Morgan fingerprint density at radius 3 is 2.07 bits per heavy atom. The van der Waals surface area contributed by atoms with E-state index in [4.69, 9.17) is 9.47 Å². The average molecular weight is 408 g/mol. The summed E-state index contributed by atoms with van der Waals surface area (Å²) in [5.74, 6) is -1.07. The van der Waals surface area contributed by atoms with E-state index < -0.39 is 34.3 Å². The standard InChI is InChI=1S/C22H33NO6/c1-20(2,3)18(26)28-16-10-9-14(15(25)12-23-8)11-17(16)29-19(27)22(6,7)21(4,5)13-24/h9-11,13,15,23,25H,12H2,1-8H3. The molecule has 0 saturated carbocycles. The lowest BCUT2D eigenvalue weighted by atomic mass is 9.69. The molecular formula is C22H33NO6. The van der Waals surface area contributed by atoms with Crippen LogP contribution in [0, 0.1) is 16.2 Å². The van der Waals surface area contributed by atoms with Gasteiger partial charge in [0.15, 0.2) is 11.5 Å². The Kier molecular flexibility index (Phi) is 7.73. The number of benzene rings is 1. The number of aliphatic hydroxyl groups is 1. The van der Waals surface area contributed by atoms with Crippen molar-refractivity contribution in [3.05, 3.63) is 23.8 Å². The molecule has 0 aliphatic carbocycles. The van der Waals surface area contributed by atoms with Crippen molar-refractivity contribution in [1.29, 1.82) is 0 Å². The zero-order chi connectivity index (χ0) is 22.6. The van der Waals surface area contributed by atoms with Crippen LogP contribution in [-0.2, 0) is 14.4 Å². The smallest absolute Gasteiger partial charge is 0.318 e. The first kappa shape index (κ1) is 24.8. The van der Waals surface area contributed by atoms with E-state index in [1.165, 1.54) is 12.1 Å². The van der Waals surface area contributed by atoms with E-state index in [0.717, 1.165) is 0 Å². The lowest BCUT2D eigenvalue weighted by molar-refractivity contribution is -0.153. The summed E-state index contributed by atoms with van der Waals surface area (Å²) in [7, 11) is 1.70. The topological polar surface area (TPSA) is 102 Å². The molecule has 1 unspecified atom stereocenters. The molecule has 0 amide bonds. The van der Waals surface area contributed by atoms with Crippen LogP contribution < -0.4 is 14.8 Å². The molecule has 0 aromatic heterocycles. The highest BCUT2D eigenvalue weighted by Gasteiger charge is 2.45. The molecule has 0 aliphatic heterocycles. The number of aldehydes is 1. The Labute approximate surface area is 172 Å². The van der Waals surface area contributed by atoms with Gasteiger partial charge in [-0.15, -0.1) is 0 Å². The summed E-state index contributed by atoms with van der Waals surface area (Å²) in [5.41, 5.74) is -2.38. The minimum Gasteiger partial charge on any atom is -0.422 e. The maximum atomic E-state index is 12.9. The molecule has 0 bridgehead atoms. The number of esters is 2. The van der Waals surface area contributed by atoms with E-state index in [1.807, 2.05) is 0 Å². The van der Waals surface area contributed by atoms with Crippen LogP contribution in [0.5, 0.6) is 11.5 Å². The fourth-order valence-electron chi connectivity index (χ4n) is 2.10. The van der Waals surface area contributed by atoms with Crippen molar-refractivity contribution in [3.8, 4) is 11.5 Å². The second-order valence-electron chi connectivity index (χ2n) is 9.27. The zero-order valence-electron chi connectivity index (χ0n) is 18.6. The average Bonchev–Trinajstić information content (AvgIpc) is 2.62. The molecule has 0 radical (unpaired) electrons. The van der Waals surface area contributed by atoms with Gasteiger partial charge < -0.3 is 24.7 Å². The highest BCUT2D eigenvalue weighted by atomic mass is 16.6. The molecule has 7 nitrogen and oxygen atoms in total. The summed E-state index contributed by atoms with van der Waals surface area (Å²) >= 11 is 0. The quantitative estimate of drug-likeness (QED) is 0.388. The van der Waals surface area contributed by atoms with Crippen LogP contribution in [-0.4, -0.2) is 36.9 Å². The Balaban J connectivity index is 3.35. The summed E-state index contributed by atoms with van der Waals surface area (Å²) < 4.78 is 11.0. The van der Waals surface area contributed by atoms with Gasteiger partial charge in [-0.05, 0) is 59.4 Å². The number of hydrogen-bond donors (Lipinski definition) is 2. The lowest BCUT2D eigenvalue weighted by Gasteiger charge is -2.34. The van der Waals surface area contributed by atoms with Crippen LogP contribution in [0.15, 0.2) is 18.2 Å². The van der Waals surface area contributed by atoms with Crippen LogP contribution in [0.1, 0.15) is 60.1 Å². The molecule has 0 heterocycles. The van der Waals surface area contributed by atoms with Crippen LogP contribution in [0.2, 0.25) is 0 Å². The van der Waals surface area contributed by atoms with Gasteiger partial charge in [0.05, 0.1) is 16.9 Å². The van der Waals surface area contributed by atoms with E-state index in [2.05, 4.69) is 5.32 Å². The molecule has 0 aliphatic rings. The predicted molar refractivity (Wildman–Crippen MR) is 110 cm³/mol. The van der Waals surface area contributed by atoms with Gasteiger partial charge in [0, 0.05) is 12.0 Å². The molecule has 1 atom stereocenters. The molecule has 7 heteroatoms.